The molecule has 0 spiro atoms. The molecule has 2 aromatic rings. The van der Waals surface area contributed by atoms with Crippen LogP contribution in [0.15, 0.2) is 48.5 Å². The van der Waals surface area contributed by atoms with Gasteiger partial charge in [-0.1, -0.05) is 18.2 Å². The fourth-order valence-electron chi connectivity index (χ4n) is 2.75. The van der Waals surface area contributed by atoms with Crippen molar-refractivity contribution in [3.63, 3.8) is 0 Å². The van der Waals surface area contributed by atoms with E-state index in [1.807, 2.05) is 24.3 Å². The molecular formula is C18H20N2O4S. The van der Waals surface area contributed by atoms with E-state index in [1.165, 1.54) is 0 Å². The van der Waals surface area contributed by atoms with E-state index in [0.29, 0.717) is 19.6 Å². The summed E-state index contributed by atoms with van der Waals surface area (Å²) in [5.41, 5.74) is 3.19. The highest BCUT2D eigenvalue weighted by molar-refractivity contribution is 7.91. The normalized spacial score (nSPS) is 16.4. The minimum Gasteiger partial charge on any atom is -0.478 e. The van der Waals surface area contributed by atoms with Crippen molar-refractivity contribution in [2.24, 2.45) is 0 Å². The largest absolute Gasteiger partial charge is 0.478 e. The summed E-state index contributed by atoms with van der Waals surface area (Å²) in [6, 6.07) is 14.6. The molecule has 0 saturated carbocycles. The predicted octanol–water partition coefficient (Wildman–Crippen LogP) is 2.23. The van der Waals surface area contributed by atoms with Crippen LogP contribution in [0.2, 0.25) is 0 Å². The Morgan fingerprint density at radius 2 is 1.76 bits per heavy atom. The number of hydrogen-bond acceptors (Lipinski definition) is 5. The number of anilines is 2. The first-order chi connectivity index (χ1) is 11.9. The van der Waals surface area contributed by atoms with Gasteiger partial charge in [-0.15, -0.1) is 0 Å². The average Bonchev–Trinajstić information content (AvgIpc) is 2.60. The van der Waals surface area contributed by atoms with Crippen molar-refractivity contribution in [3.05, 3.63) is 59.7 Å². The van der Waals surface area contributed by atoms with Crippen LogP contribution in [0.5, 0.6) is 0 Å². The Bertz CT molecular complexity index is 849. The fraction of sp³-hybridized carbons (Fsp3) is 0.278. The summed E-state index contributed by atoms with van der Waals surface area (Å²) in [5.74, 6) is -0.544. The minimum atomic E-state index is -2.89. The van der Waals surface area contributed by atoms with Gasteiger partial charge in [0.2, 0.25) is 0 Å². The van der Waals surface area contributed by atoms with E-state index < -0.39 is 15.8 Å². The van der Waals surface area contributed by atoms with E-state index in [1.54, 1.807) is 24.3 Å². The molecule has 1 aliphatic heterocycles. The molecule has 0 amide bonds. The van der Waals surface area contributed by atoms with Crippen LogP contribution in [-0.4, -0.2) is 44.1 Å². The van der Waals surface area contributed by atoms with Gasteiger partial charge in [-0.25, -0.2) is 13.2 Å². The number of aromatic carboxylic acids is 1. The molecule has 132 valence electrons. The maximum absolute atomic E-state index is 11.5. The number of hydrogen-bond donors (Lipinski definition) is 2. The summed E-state index contributed by atoms with van der Waals surface area (Å²) in [4.78, 5) is 12.9. The molecule has 0 aromatic heterocycles. The Balaban J connectivity index is 1.63. The lowest BCUT2D eigenvalue weighted by Crippen LogP contribution is -2.40. The zero-order chi connectivity index (χ0) is 17.9. The molecule has 0 bridgehead atoms. The van der Waals surface area contributed by atoms with Crippen molar-refractivity contribution in [1.82, 2.24) is 0 Å². The first-order valence-corrected chi connectivity index (χ1v) is 9.87. The molecule has 25 heavy (non-hydrogen) atoms. The van der Waals surface area contributed by atoms with Crippen LogP contribution in [0.1, 0.15) is 15.9 Å². The molecule has 7 heteroatoms. The van der Waals surface area contributed by atoms with Gasteiger partial charge in [-0.2, -0.15) is 0 Å². The number of carbonyl (C=O) groups is 1. The zero-order valence-electron chi connectivity index (χ0n) is 13.7. The second-order valence-corrected chi connectivity index (χ2v) is 8.35. The van der Waals surface area contributed by atoms with Crippen LogP contribution in [0.3, 0.4) is 0 Å². The fourth-order valence-corrected chi connectivity index (χ4v) is 3.95. The van der Waals surface area contributed by atoms with Crippen molar-refractivity contribution in [2.75, 3.05) is 34.8 Å². The third-order valence-electron chi connectivity index (χ3n) is 4.25. The molecule has 0 unspecified atom stereocenters. The highest BCUT2D eigenvalue weighted by atomic mass is 32.2. The van der Waals surface area contributed by atoms with Crippen LogP contribution in [0.4, 0.5) is 11.4 Å². The van der Waals surface area contributed by atoms with Gasteiger partial charge in [0.25, 0.3) is 0 Å². The number of carboxylic acids is 1. The average molecular weight is 360 g/mol. The monoisotopic (exact) mass is 360 g/mol. The lowest BCUT2D eigenvalue weighted by Gasteiger charge is -2.29. The third kappa shape index (κ3) is 4.51. The summed E-state index contributed by atoms with van der Waals surface area (Å²) in [5, 5.41) is 12.2. The van der Waals surface area contributed by atoms with E-state index in [2.05, 4.69) is 10.2 Å². The van der Waals surface area contributed by atoms with E-state index in [0.717, 1.165) is 16.9 Å². The van der Waals surface area contributed by atoms with Gasteiger partial charge in [0, 0.05) is 31.0 Å². The number of sulfone groups is 1. The second-order valence-electron chi connectivity index (χ2n) is 6.04. The van der Waals surface area contributed by atoms with Crippen LogP contribution in [0, 0.1) is 0 Å². The van der Waals surface area contributed by atoms with E-state index >= 15 is 0 Å². The van der Waals surface area contributed by atoms with Crippen molar-refractivity contribution in [3.8, 4) is 0 Å². The molecule has 2 aromatic carbocycles. The molecule has 2 N–H and O–H groups in total. The van der Waals surface area contributed by atoms with Crippen LogP contribution >= 0.6 is 0 Å². The first-order valence-electron chi connectivity index (χ1n) is 8.04. The molecule has 1 fully saturated rings. The highest BCUT2D eigenvalue weighted by Crippen LogP contribution is 2.22. The number of carboxylic acid groups (broad SMARTS) is 1. The molecule has 1 aliphatic rings. The molecule has 0 aliphatic carbocycles. The van der Waals surface area contributed by atoms with E-state index in [-0.39, 0.29) is 17.1 Å². The summed E-state index contributed by atoms with van der Waals surface area (Å²) >= 11 is 0. The smallest absolute Gasteiger partial charge is 0.335 e. The standard InChI is InChI=1S/C18H20N2O4S/c21-18(22)15-6-4-14(5-7-15)13-19-16-2-1-3-17(12-16)20-8-10-25(23,24)11-9-20/h1-7,12,19H,8-11,13H2,(H,21,22). The second kappa shape index (κ2) is 7.14. The Hall–Kier alpha value is -2.54. The lowest BCUT2D eigenvalue weighted by atomic mass is 10.1. The molecule has 1 heterocycles. The van der Waals surface area contributed by atoms with Gasteiger partial charge in [0.05, 0.1) is 17.1 Å². The van der Waals surface area contributed by atoms with E-state index in [9.17, 15) is 13.2 Å². The zero-order valence-corrected chi connectivity index (χ0v) is 14.5. The number of nitrogens with one attached hydrogen (secondary N) is 1. The Kier molecular flexibility index (Phi) is 4.94. The van der Waals surface area contributed by atoms with Crippen LogP contribution < -0.4 is 10.2 Å². The van der Waals surface area contributed by atoms with Gasteiger partial charge < -0.3 is 15.3 Å². The van der Waals surface area contributed by atoms with Crippen molar-refractivity contribution in [1.29, 1.82) is 0 Å². The highest BCUT2D eigenvalue weighted by Gasteiger charge is 2.21. The lowest BCUT2D eigenvalue weighted by molar-refractivity contribution is 0.0697. The molecule has 0 atom stereocenters. The van der Waals surface area contributed by atoms with Crippen molar-refractivity contribution >= 4 is 27.2 Å². The first kappa shape index (κ1) is 17.3. The third-order valence-corrected chi connectivity index (χ3v) is 5.86. The number of benzene rings is 2. The van der Waals surface area contributed by atoms with Crippen molar-refractivity contribution < 1.29 is 18.3 Å². The minimum absolute atomic E-state index is 0.195. The summed E-state index contributed by atoms with van der Waals surface area (Å²) in [7, 11) is -2.89. The maximum Gasteiger partial charge on any atom is 0.335 e. The maximum atomic E-state index is 11.5. The summed E-state index contributed by atoms with van der Waals surface area (Å²) < 4.78 is 23.1. The molecule has 1 saturated heterocycles. The van der Waals surface area contributed by atoms with Crippen molar-refractivity contribution in [2.45, 2.75) is 6.54 Å². The number of rotatable bonds is 5. The SMILES string of the molecule is O=C(O)c1ccc(CNc2cccc(N3CCS(=O)(=O)CC3)c2)cc1. The molecule has 3 rings (SSSR count). The Morgan fingerprint density at radius 1 is 1.08 bits per heavy atom. The Morgan fingerprint density at radius 3 is 2.40 bits per heavy atom. The van der Waals surface area contributed by atoms with Gasteiger partial charge in [-0.05, 0) is 35.9 Å². The molecule has 0 radical (unpaired) electrons. The molecular weight excluding hydrogens is 340 g/mol. The van der Waals surface area contributed by atoms with Gasteiger partial charge >= 0.3 is 5.97 Å². The van der Waals surface area contributed by atoms with Gasteiger partial charge in [0.1, 0.15) is 0 Å². The molecule has 6 nitrogen and oxygen atoms in total. The topological polar surface area (TPSA) is 86.7 Å². The van der Waals surface area contributed by atoms with Gasteiger partial charge in [-0.3, -0.25) is 0 Å². The van der Waals surface area contributed by atoms with Crippen LogP contribution in [-0.2, 0) is 16.4 Å². The van der Waals surface area contributed by atoms with Gasteiger partial charge in [0.15, 0.2) is 9.84 Å². The summed E-state index contributed by atoms with van der Waals surface area (Å²) in [6.45, 7) is 1.61. The quantitative estimate of drug-likeness (QED) is 0.850. The predicted molar refractivity (Wildman–Crippen MR) is 98.0 cm³/mol. The van der Waals surface area contributed by atoms with E-state index in [4.69, 9.17) is 5.11 Å². The summed E-state index contributed by atoms with van der Waals surface area (Å²) in [6.07, 6.45) is 0. The Labute approximate surface area is 147 Å². The van der Waals surface area contributed by atoms with Crippen LogP contribution in [0.25, 0.3) is 0 Å². The number of nitrogens with zero attached hydrogens (tertiary/aromatic N) is 1.